The summed E-state index contributed by atoms with van der Waals surface area (Å²) >= 11 is 0. The van der Waals surface area contributed by atoms with Crippen molar-refractivity contribution in [2.75, 3.05) is 6.61 Å². The minimum absolute atomic E-state index is 0.200. The van der Waals surface area contributed by atoms with Crippen LogP contribution in [0, 0.1) is 0 Å². The minimum atomic E-state index is -1.02. The number of benzene rings is 1. The van der Waals surface area contributed by atoms with Crippen LogP contribution >= 0.6 is 0 Å². The fourth-order valence-electron chi connectivity index (χ4n) is 3.23. The zero-order valence-corrected chi connectivity index (χ0v) is 12.7. The number of para-hydroxylation sites is 1. The number of aromatic nitrogens is 2. The maximum absolute atomic E-state index is 13.1. The van der Waals surface area contributed by atoms with Crippen molar-refractivity contribution in [3.8, 4) is 5.75 Å². The number of carbonyl (C=O) groups is 2. The molecule has 4 rings (SSSR count). The standard InChI is InChI=1S/C16H16N4O3/c1-19-11(6-8-17-19)10-20-14(21)16(18-15(20)22)7-9-23-13-5-3-2-4-12(13)16/h2-6,8H,7,9-10H2,1H3,(H,18,22)/t16-/m0/s1. The van der Waals surface area contributed by atoms with Crippen molar-refractivity contribution in [1.82, 2.24) is 20.0 Å². The molecule has 3 heterocycles. The van der Waals surface area contributed by atoms with Gasteiger partial charge in [-0.25, -0.2) is 4.79 Å². The highest BCUT2D eigenvalue weighted by Gasteiger charge is 2.54. The molecule has 7 nitrogen and oxygen atoms in total. The molecule has 7 heteroatoms. The van der Waals surface area contributed by atoms with E-state index < -0.39 is 5.54 Å². The average Bonchev–Trinajstić information content (AvgIpc) is 3.06. The van der Waals surface area contributed by atoms with Gasteiger partial charge in [0.1, 0.15) is 5.75 Å². The van der Waals surface area contributed by atoms with Crippen molar-refractivity contribution < 1.29 is 14.3 Å². The van der Waals surface area contributed by atoms with Gasteiger partial charge in [-0.05, 0) is 12.1 Å². The van der Waals surface area contributed by atoms with Crippen LogP contribution in [0.2, 0.25) is 0 Å². The first-order valence-corrected chi connectivity index (χ1v) is 7.45. The first kappa shape index (κ1) is 13.8. The number of nitrogens with zero attached hydrogens (tertiary/aromatic N) is 3. The molecule has 2 aromatic rings. The second-order valence-electron chi connectivity index (χ2n) is 5.77. The Hall–Kier alpha value is -2.83. The Bertz CT molecular complexity index is 800. The maximum atomic E-state index is 13.1. The van der Waals surface area contributed by atoms with Crippen LogP contribution in [0.1, 0.15) is 17.7 Å². The van der Waals surface area contributed by atoms with Gasteiger partial charge in [0.15, 0.2) is 5.54 Å². The Morgan fingerprint density at radius 2 is 2.13 bits per heavy atom. The monoisotopic (exact) mass is 312 g/mol. The van der Waals surface area contributed by atoms with Gasteiger partial charge in [0.2, 0.25) is 0 Å². The van der Waals surface area contributed by atoms with Gasteiger partial charge in [-0.2, -0.15) is 5.10 Å². The first-order valence-electron chi connectivity index (χ1n) is 7.45. The molecule has 1 saturated heterocycles. The Balaban J connectivity index is 1.72. The second-order valence-corrected chi connectivity index (χ2v) is 5.77. The molecule has 23 heavy (non-hydrogen) atoms. The molecule has 1 fully saturated rings. The van der Waals surface area contributed by atoms with Crippen LogP contribution < -0.4 is 10.1 Å². The van der Waals surface area contributed by atoms with Gasteiger partial charge in [-0.3, -0.25) is 14.4 Å². The molecule has 1 atom stereocenters. The summed E-state index contributed by atoms with van der Waals surface area (Å²) in [5, 5.41) is 6.96. The van der Waals surface area contributed by atoms with Crippen LogP contribution in [-0.4, -0.2) is 33.2 Å². The number of aryl methyl sites for hydroxylation is 1. The van der Waals surface area contributed by atoms with Crippen molar-refractivity contribution in [3.63, 3.8) is 0 Å². The summed E-state index contributed by atoms with van der Waals surface area (Å²) in [5.74, 6) is 0.411. The van der Waals surface area contributed by atoms with Crippen molar-refractivity contribution in [2.45, 2.75) is 18.5 Å². The van der Waals surface area contributed by atoms with Gasteiger partial charge in [-0.15, -0.1) is 0 Å². The number of fused-ring (bicyclic) bond motifs is 2. The number of amides is 3. The Kier molecular flexibility index (Phi) is 2.90. The Morgan fingerprint density at radius 3 is 2.91 bits per heavy atom. The van der Waals surface area contributed by atoms with Crippen molar-refractivity contribution in [3.05, 3.63) is 47.8 Å². The molecule has 3 amide bonds. The molecule has 0 radical (unpaired) electrons. The largest absolute Gasteiger partial charge is 0.493 e. The van der Waals surface area contributed by atoms with E-state index in [2.05, 4.69) is 10.4 Å². The molecule has 1 aromatic heterocycles. The van der Waals surface area contributed by atoms with Crippen LogP contribution in [0.5, 0.6) is 5.75 Å². The lowest BCUT2D eigenvalue weighted by molar-refractivity contribution is -0.133. The summed E-state index contributed by atoms with van der Waals surface area (Å²) in [7, 11) is 1.79. The number of hydrogen-bond acceptors (Lipinski definition) is 4. The molecule has 1 N–H and O–H groups in total. The minimum Gasteiger partial charge on any atom is -0.493 e. The lowest BCUT2D eigenvalue weighted by atomic mass is 9.84. The third-order valence-corrected chi connectivity index (χ3v) is 4.50. The number of hydrogen-bond donors (Lipinski definition) is 1. The second kappa shape index (κ2) is 4.84. The predicted octanol–water partition coefficient (Wildman–Crippen LogP) is 1.15. The molecule has 0 bridgehead atoms. The van der Waals surface area contributed by atoms with Crippen molar-refractivity contribution in [2.24, 2.45) is 7.05 Å². The van der Waals surface area contributed by atoms with E-state index >= 15 is 0 Å². The number of nitrogens with one attached hydrogen (secondary N) is 1. The lowest BCUT2D eigenvalue weighted by Gasteiger charge is -2.33. The Labute approximate surface area is 132 Å². The molecular formula is C16H16N4O3. The highest BCUT2D eigenvalue weighted by atomic mass is 16.5. The summed E-state index contributed by atoms with van der Waals surface area (Å²) < 4.78 is 7.27. The molecule has 0 unspecified atom stereocenters. The van der Waals surface area contributed by atoms with Gasteiger partial charge in [0, 0.05) is 25.2 Å². The normalized spacial score (nSPS) is 22.9. The van der Waals surface area contributed by atoms with Crippen LogP contribution in [0.15, 0.2) is 36.5 Å². The molecule has 2 aliphatic rings. The molecule has 0 saturated carbocycles. The van der Waals surface area contributed by atoms with E-state index in [0.717, 1.165) is 11.3 Å². The fraction of sp³-hybridized carbons (Fsp3) is 0.312. The predicted molar refractivity (Wildman–Crippen MR) is 80.5 cm³/mol. The van der Waals surface area contributed by atoms with Crippen LogP contribution in [-0.2, 0) is 23.9 Å². The topological polar surface area (TPSA) is 76.5 Å². The number of urea groups is 1. The van der Waals surface area contributed by atoms with E-state index in [1.54, 1.807) is 24.0 Å². The van der Waals surface area contributed by atoms with Gasteiger partial charge in [-0.1, -0.05) is 18.2 Å². The van der Waals surface area contributed by atoms with Crippen molar-refractivity contribution in [1.29, 1.82) is 0 Å². The van der Waals surface area contributed by atoms with E-state index in [0.29, 0.717) is 18.8 Å². The summed E-state index contributed by atoms with van der Waals surface area (Å²) in [5.41, 5.74) is 0.493. The van der Waals surface area contributed by atoms with Gasteiger partial charge in [0.05, 0.1) is 18.8 Å². The smallest absolute Gasteiger partial charge is 0.325 e. The molecule has 0 aliphatic carbocycles. The van der Waals surface area contributed by atoms with Crippen LogP contribution in [0.4, 0.5) is 4.79 Å². The number of imide groups is 1. The van der Waals surface area contributed by atoms with Gasteiger partial charge in [0.25, 0.3) is 5.91 Å². The molecule has 1 aromatic carbocycles. The Morgan fingerprint density at radius 1 is 1.30 bits per heavy atom. The highest BCUT2D eigenvalue weighted by molar-refractivity contribution is 6.07. The van der Waals surface area contributed by atoms with E-state index in [4.69, 9.17) is 4.74 Å². The molecule has 1 spiro atoms. The average molecular weight is 312 g/mol. The first-order chi connectivity index (χ1) is 11.1. The van der Waals surface area contributed by atoms with E-state index in [1.807, 2.05) is 24.3 Å². The molecular weight excluding hydrogens is 296 g/mol. The SMILES string of the molecule is Cn1nccc1CN1C(=O)N[C@]2(CCOc3ccccc32)C1=O. The van der Waals surface area contributed by atoms with Gasteiger partial charge >= 0.3 is 6.03 Å². The lowest BCUT2D eigenvalue weighted by Crippen LogP contribution is -2.47. The van der Waals surface area contributed by atoms with E-state index in [-0.39, 0.29) is 18.5 Å². The van der Waals surface area contributed by atoms with E-state index in [1.165, 1.54) is 4.90 Å². The third-order valence-electron chi connectivity index (χ3n) is 4.50. The summed E-state index contributed by atoms with van der Waals surface area (Å²) in [6, 6.07) is 8.77. The summed E-state index contributed by atoms with van der Waals surface area (Å²) in [6.07, 6.45) is 2.07. The quantitative estimate of drug-likeness (QED) is 0.844. The fourth-order valence-corrected chi connectivity index (χ4v) is 3.23. The number of rotatable bonds is 2. The number of carbonyl (C=O) groups excluding carboxylic acids is 2. The van der Waals surface area contributed by atoms with Crippen LogP contribution in [0.25, 0.3) is 0 Å². The molecule has 2 aliphatic heterocycles. The third kappa shape index (κ3) is 1.93. The maximum Gasteiger partial charge on any atom is 0.325 e. The zero-order valence-electron chi connectivity index (χ0n) is 12.7. The van der Waals surface area contributed by atoms with E-state index in [9.17, 15) is 9.59 Å². The molecule has 118 valence electrons. The number of ether oxygens (including phenoxy) is 1. The highest BCUT2D eigenvalue weighted by Crippen LogP contribution is 2.41. The van der Waals surface area contributed by atoms with Crippen molar-refractivity contribution >= 4 is 11.9 Å². The summed E-state index contributed by atoms with van der Waals surface area (Å²) in [4.78, 5) is 26.7. The van der Waals surface area contributed by atoms with Crippen LogP contribution in [0.3, 0.4) is 0 Å². The summed E-state index contributed by atoms with van der Waals surface area (Å²) in [6.45, 7) is 0.592. The van der Waals surface area contributed by atoms with Gasteiger partial charge < -0.3 is 10.1 Å². The zero-order chi connectivity index (χ0) is 16.0.